The zero-order chi connectivity index (χ0) is 18.0. The molecule has 2 nitrogen and oxygen atoms in total. The maximum Gasteiger partial charge on any atom is 0.416 e. The molecule has 25 heavy (non-hydrogen) atoms. The van der Waals surface area contributed by atoms with E-state index in [-0.39, 0.29) is 0 Å². The number of thiocarbonyl (C=S) groups is 1. The van der Waals surface area contributed by atoms with Crippen molar-refractivity contribution < 1.29 is 13.2 Å². The average molecular weight is 364 g/mol. The molecule has 1 atom stereocenters. The van der Waals surface area contributed by atoms with Gasteiger partial charge in [0.15, 0.2) is 5.11 Å². The minimum Gasteiger partial charge on any atom is -0.348 e. The van der Waals surface area contributed by atoms with Crippen LogP contribution in [0.1, 0.15) is 29.0 Å². The van der Waals surface area contributed by atoms with Crippen molar-refractivity contribution in [1.82, 2.24) is 4.90 Å². The Balaban J connectivity index is 1.64. The number of alkyl halides is 3. The molecule has 1 saturated heterocycles. The fourth-order valence-corrected chi connectivity index (χ4v) is 3.31. The van der Waals surface area contributed by atoms with Crippen LogP contribution in [0.4, 0.5) is 18.9 Å². The molecule has 1 heterocycles. The van der Waals surface area contributed by atoms with Crippen molar-refractivity contribution >= 4 is 23.0 Å². The quantitative estimate of drug-likeness (QED) is 0.738. The third kappa shape index (κ3) is 4.31. The summed E-state index contributed by atoms with van der Waals surface area (Å²) in [6, 6.07) is 13.6. The van der Waals surface area contributed by atoms with Gasteiger partial charge in [-0.05, 0) is 49.3 Å². The number of halogens is 3. The van der Waals surface area contributed by atoms with E-state index in [2.05, 4.69) is 36.5 Å². The summed E-state index contributed by atoms with van der Waals surface area (Å²) in [5.74, 6) is 0.391. The van der Waals surface area contributed by atoms with Crippen molar-refractivity contribution in [3.05, 3.63) is 65.2 Å². The van der Waals surface area contributed by atoms with Crippen LogP contribution >= 0.6 is 12.2 Å². The first-order valence-electron chi connectivity index (χ1n) is 8.13. The topological polar surface area (TPSA) is 15.3 Å². The summed E-state index contributed by atoms with van der Waals surface area (Å²) in [6.45, 7) is 3.62. The number of rotatable bonds is 2. The van der Waals surface area contributed by atoms with Crippen molar-refractivity contribution in [1.29, 1.82) is 0 Å². The molecule has 0 radical (unpaired) electrons. The molecule has 1 N–H and O–H groups in total. The van der Waals surface area contributed by atoms with E-state index in [0.717, 1.165) is 31.6 Å². The number of nitrogens with zero attached hydrogens (tertiary/aromatic N) is 1. The summed E-state index contributed by atoms with van der Waals surface area (Å²) < 4.78 is 38.4. The summed E-state index contributed by atoms with van der Waals surface area (Å²) in [4.78, 5) is 2.01. The number of anilines is 1. The first-order chi connectivity index (χ1) is 11.8. The molecule has 2 aromatic carbocycles. The van der Waals surface area contributed by atoms with Gasteiger partial charge < -0.3 is 10.2 Å². The van der Waals surface area contributed by atoms with Gasteiger partial charge in [0.25, 0.3) is 0 Å². The van der Waals surface area contributed by atoms with Crippen molar-refractivity contribution in [2.75, 3.05) is 18.4 Å². The van der Waals surface area contributed by atoms with Gasteiger partial charge in [-0.1, -0.05) is 35.9 Å². The Morgan fingerprint density at radius 1 is 1.16 bits per heavy atom. The third-order valence-corrected chi connectivity index (χ3v) is 4.83. The summed E-state index contributed by atoms with van der Waals surface area (Å²) >= 11 is 5.39. The van der Waals surface area contributed by atoms with Gasteiger partial charge in [0.1, 0.15) is 0 Å². The normalized spacial score (nSPS) is 17.6. The van der Waals surface area contributed by atoms with Crippen LogP contribution in [-0.4, -0.2) is 23.1 Å². The van der Waals surface area contributed by atoms with Gasteiger partial charge in [-0.3, -0.25) is 0 Å². The van der Waals surface area contributed by atoms with Crippen molar-refractivity contribution in [2.45, 2.75) is 25.4 Å². The van der Waals surface area contributed by atoms with Crippen molar-refractivity contribution in [3.63, 3.8) is 0 Å². The Labute approximate surface area is 150 Å². The zero-order valence-electron chi connectivity index (χ0n) is 13.8. The van der Waals surface area contributed by atoms with Gasteiger partial charge in [-0.2, -0.15) is 13.2 Å². The smallest absolute Gasteiger partial charge is 0.348 e. The molecular formula is C19H19F3N2S. The van der Waals surface area contributed by atoms with Gasteiger partial charge >= 0.3 is 6.18 Å². The lowest BCUT2D eigenvalue weighted by Gasteiger charge is -2.21. The molecule has 1 fully saturated rings. The largest absolute Gasteiger partial charge is 0.416 e. The molecule has 0 aromatic heterocycles. The molecule has 0 unspecified atom stereocenters. The monoisotopic (exact) mass is 364 g/mol. The van der Waals surface area contributed by atoms with Crippen LogP contribution in [0.5, 0.6) is 0 Å². The number of hydrogen-bond donors (Lipinski definition) is 1. The lowest BCUT2D eigenvalue weighted by atomic mass is 9.98. The molecule has 0 bridgehead atoms. The first kappa shape index (κ1) is 17.7. The summed E-state index contributed by atoms with van der Waals surface area (Å²) in [5, 5.41) is 3.40. The molecule has 0 aliphatic carbocycles. The molecule has 0 amide bonds. The van der Waals surface area contributed by atoms with E-state index in [9.17, 15) is 13.2 Å². The summed E-state index contributed by atoms with van der Waals surface area (Å²) in [7, 11) is 0. The lowest BCUT2D eigenvalue weighted by Crippen LogP contribution is -2.32. The molecule has 1 aliphatic heterocycles. The van der Waals surface area contributed by atoms with Crippen LogP contribution in [0, 0.1) is 6.92 Å². The summed E-state index contributed by atoms with van der Waals surface area (Å²) in [5.41, 5.74) is 2.17. The minimum absolute atomic E-state index is 0.360. The van der Waals surface area contributed by atoms with Gasteiger partial charge in [-0.25, -0.2) is 0 Å². The van der Waals surface area contributed by atoms with E-state index < -0.39 is 11.7 Å². The Morgan fingerprint density at radius 2 is 1.88 bits per heavy atom. The highest BCUT2D eigenvalue weighted by atomic mass is 32.1. The van der Waals surface area contributed by atoms with E-state index in [1.54, 1.807) is 6.07 Å². The first-order valence-corrected chi connectivity index (χ1v) is 8.53. The van der Waals surface area contributed by atoms with E-state index in [1.807, 2.05) is 4.90 Å². The zero-order valence-corrected chi connectivity index (χ0v) is 14.6. The van der Waals surface area contributed by atoms with E-state index >= 15 is 0 Å². The van der Waals surface area contributed by atoms with Crippen molar-refractivity contribution in [3.8, 4) is 0 Å². The van der Waals surface area contributed by atoms with Gasteiger partial charge in [0.05, 0.1) is 5.56 Å². The Bertz CT molecular complexity index is 756. The minimum atomic E-state index is -4.36. The van der Waals surface area contributed by atoms with Crippen molar-refractivity contribution in [2.24, 2.45) is 0 Å². The third-order valence-electron chi connectivity index (χ3n) is 4.47. The summed E-state index contributed by atoms with van der Waals surface area (Å²) in [6.07, 6.45) is -3.38. The molecule has 0 saturated carbocycles. The predicted octanol–water partition coefficient (Wildman–Crippen LogP) is 5.20. The average Bonchev–Trinajstić information content (AvgIpc) is 3.05. The van der Waals surface area contributed by atoms with Crippen LogP contribution in [0.25, 0.3) is 0 Å². The second-order valence-corrected chi connectivity index (χ2v) is 6.74. The van der Waals surface area contributed by atoms with Crippen LogP contribution in [0.2, 0.25) is 0 Å². The molecule has 2 aromatic rings. The van der Waals surface area contributed by atoms with E-state index in [4.69, 9.17) is 12.2 Å². The maximum absolute atomic E-state index is 12.8. The molecule has 6 heteroatoms. The standard InChI is InChI=1S/C19H19F3N2S/c1-13-5-7-14(8-6-13)15-9-10-24(12-15)18(25)23-17-4-2-3-16(11-17)19(20,21)22/h2-8,11,15H,9-10,12H2,1H3,(H,23,25)/t15-/m0/s1. The van der Waals surface area contributed by atoms with E-state index in [1.165, 1.54) is 17.2 Å². The molecule has 1 aliphatic rings. The SMILES string of the molecule is Cc1ccc([C@H]2CCN(C(=S)Nc3cccc(C(F)(F)F)c3)C2)cc1. The van der Waals surface area contributed by atoms with Gasteiger partial charge in [0, 0.05) is 24.7 Å². The van der Waals surface area contributed by atoms with Gasteiger partial charge in [-0.15, -0.1) is 0 Å². The second kappa shape index (κ2) is 7.04. The predicted molar refractivity (Wildman–Crippen MR) is 97.8 cm³/mol. The van der Waals surface area contributed by atoms with Crippen LogP contribution in [-0.2, 0) is 6.18 Å². The highest BCUT2D eigenvalue weighted by Gasteiger charge is 2.31. The van der Waals surface area contributed by atoms with Gasteiger partial charge in [0.2, 0.25) is 0 Å². The van der Waals surface area contributed by atoms with Crippen LogP contribution < -0.4 is 5.32 Å². The molecular weight excluding hydrogens is 345 g/mol. The van der Waals surface area contributed by atoms with Crippen LogP contribution in [0.3, 0.4) is 0 Å². The number of nitrogens with one attached hydrogen (secondary N) is 1. The number of aryl methyl sites for hydroxylation is 1. The van der Waals surface area contributed by atoms with E-state index in [0.29, 0.717) is 16.7 Å². The molecule has 3 rings (SSSR count). The number of benzene rings is 2. The van der Waals surface area contributed by atoms with Crippen LogP contribution in [0.15, 0.2) is 48.5 Å². The Kier molecular flexibility index (Phi) is 4.99. The fraction of sp³-hybridized carbons (Fsp3) is 0.316. The Hall–Kier alpha value is -2.08. The highest BCUT2D eigenvalue weighted by Crippen LogP contribution is 2.31. The molecule has 132 valence electrons. The highest BCUT2D eigenvalue weighted by molar-refractivity contribution is 7.80. The molecule has 0 spiro atoms. The maximum atomic E-state index is 12.8. The Morgan fingerprint density at radius 3 is 2.56 bits per heavy atom. The number of likely N-dealkylation sites (tertiary alicyclic amines) is 1. The fourth-order valence-electron chi connectivity index (χ4n) is 3.03. The number of hydrogen-bond acceptors (Lipinski definition) is 1. The lowest BCUT2D eigenvalue weighted by molar-refractivity contribution is -0.137. The second-order valence-electron chi connectivity index (χ2n) is 6.35.